The molecule has 1 atom stereocenters. The summed E-state index contributed by atoms with van der Waals surface area (Å²) in [5.74, 6) is 0.215. The zero-order valence-electron chi connectivity index (χ0n) is 11.1. The van der Waals surface area contributed by atoms with Gasteiger partial charge in [-0.1, -0.05) is 0 Å². The number of ether oxygens (including phenoxy) is 2. The first kappa shape index (κ1) is 13.1. The highest BCUT2D eigenvalue weighted by Gasteiger charge is 2.39. The summed E-state index contributed by atoms with van der Waals surface area (Å²) in [6.07, 6.45) is -0.264. The number of likely N-dealkylation sites (tertiary alicyclic amines) is 1. The molecule has 0 aromatic carbocycles. The Morgan fingerprint density at radius 3 is 2.61 bits per heavy atom. The topological polar surface area (TPSA) is 67.9 Å². The highest BCUT2D eigenvalue weighted by atomic mass is 16.6. The number of hydrogen-bond acceptors (Lipinski definition) is 4. The van der Waals surface area contributed by atoms with Crippen molar-refractivity contribution in [1.82, 2.24) is 10.2 Å². The lowest BCUT2D eigenvalue weighted by molar-refractivity contribution is -0.139. The smallest absolute Gasteiger partial charge is 0.410 e. The van der Waals surface area contributed by atoms with Gasteiger partial charge in [0.05, 0.1) is 6.10 Å². The molecule has 0 spiro atoms. The van der Waals surface area contributed by atoms with Crippen LogP contribution in [0.4, 0.5) is 4.79 Å². The molecule has 2 fully saturated rings. The molecule has 2 saturated heterocycles. The summed E-state index contributed by atoms with van der Waals surface area (Å²) in [4.78, 5) is 24.3. The highest BCUT2D eigenvalue weighted by molar-refractivity contribution is 5.77. The Morgan fingerprint density at radius 1 is 1.44 bits per heavy atom. The van der Waals surface area contributed by atoms with Crippen molar-refractivity contribution < 1.29 is 19.1 Å². The van der Waals surface area contributed by atoms with Gasteiger partial charge in [-0.15, -0.1) is 0 Å². The van der Waals surface area contributed by atoms with E-state index in [1.807, 2.05) is 20.8 Å². The lowest BCUT2D eigenvalue weighted by Gasteiger charge is -2.44. The van der Waals surface area contributed by atoms with E-state index in [-0.39, 0.29) is 30.6 Å². The van der Waals surface area contributed by atoms with Crippen molar-refractivity contribution in [2.24, 2.45) is 5.92 Å². The van der Waals surface area contributed by atoms with E-state index in [9.17, 15) is 9.59 Å². The van der Waals surface area contributed by atoms with E-state index in [1.165, 1.54) is 0 Å². The minimum Gasteiger partial charge on any atom is -0.444 e. The number of nitrogens with one attached hydrogen (secondary N) is 1. The lowest BCUT2D eigenvalue weighted by atomic mass is 9.93. The zero-order chi connectivity index (χ0) is 13.3. The van der Waals surface area contributed by atoms with Gasteiger partial charge in [-0.2, -0.15) is 0 Å². The van der Waals surface area contributed by atoms with E-state index in [0.717, 1.165) is 0 Å². The molecule has 6 nitrogen and oxygen atoms in total. The van der Waals surface area contributed by atoms with Crippen LogP contribution in [0, 0.1) is 5.92 Å². The maximum Gasteiger partial charge on any atom is 0.410 e. The van der Waals surface area contributed by atoms with Gasteiger partial charge in [0.1, 0.15) is 12.2 Å². The molecule has 1 unspecified atom stereocenters. The van der Waals surface area contributed by atoms with Crippen LogP contribution in [-0.2, 0) is 14.3 Å². The second kappa shape index (κ2) is 4.76. The number of carbonyl (C=O) groups is 2. The molecule has 2 amide bonds. The molecule has 2 aliphatic rings. The Kier molecular flexibility index (Phi) is 3.47. The van der Waals surface area contributed by atoms with Crippen LogP contribution in [-0.4, -0.2) is 54.8 Å². The van der Waals surface area contributed by atoms with Crippen LogP contribution in [0.3, 0.4) is 0 Å². The van der Waals surface area contributed by atoms with Gasteiger partial charge in [0.15, 0.2) is 0 Å². The molecule has 102 valence electrons. The van der Waals surface area contributed by atoms with E-state index in [2.05, 4.69) is 5.32 Å². The van der Waals surface area contributed by atoms with Crippen LogP contribution in [0.1, 0.15) is 20.8 Å². The van der Waals surface area contributed by atoms with Crippen molar-refractivity contribution in [2.75, 3.05) is 26.2 Å². The third kappa shape index (κ3) is 3.13. The van der Waals surface area contributed by atoms with Gasteiger partial charge in [0.2, 0.25) is 5.91 Å². The number of carbonyl (C=O) groups excluding carboxylic acids is 2. The van der Waals surface area contributed by atoms with E-state index in [0.29, 0.717) is 19.6 Å². The summed E-state index contributed by atoms with van der Waals surface area (Å²) in [5, 5.41) is 2.76. The SMILES string of the molecule is CC(C)(C)OC(=O)N1CC(C2CNC(=O)CO2)C1. The maximum absolute atomic E-state index is 11.7. The molecule has 0 aromatic rings. The fourth-order valence-corrected chi connectivity index (χ4v) is 2.03. The third-order valence-corrected chi connectivity index (χ3v) is 3.02. The molecule has 18 heavy (non-hydrogen) atoms. The number of nitrogens with zero attached hydrogens (tertiary/aromatic N) is 1. The molecule has 6 heteroatoms. The molecule has 2 aliphatic heterocycles. The zero-order valence-corrected chi connectivity index (χ0v) is 11.1. The fraction of sp³-hybridized carbons (Fsp3) is 0.833. The summed E-state index contributed by atoms with van der Waals surface area (Å²) in [5.41, 5.74) is -0.461. The number of amides is 2. The van der Waals surface area contributed by atoms with Crippen LogP contribution in [0.5, 0.6) is 0 Å². The van der Waals surface area contributed by atoms with Crippen LogP contribution >= 0.6 is 0 Å². The average molecular weight is 256 g/mol. The van der Waals surface area contributed by atoms with Gasteiger partial charge in [0.25, 0.3) is 0 Å². The molecule has 1 N–H and O–H groups in total. The molecule has 0 bridgehead atoms. The Bertz CT molecular complexity index is 334. The van der Waals surface area contributed by atoms with Crippen LogP contribution in [0.25, 0.3) is 0 Å². The average Bonchev–Trinajstić information content (AvgIpc) is 2.15. The standard InChI is InChI=1S/C12H20N2O4/c1-12(2,3)18-11(16)14-5-8(6-14)9-4-13-10(15)7-17-9/h8-9H,4-7H2,1-3H3,(H,13,15). The molecule has 0 saturated carbocycles. The normalized spacial score (nSPS) is 25.4. The highest BCUT2D eigenvalue weighted by Crippen LogP contribution is 2.24. The van der Waals surface area contributed by atoms with Gasteiger partial charge in [-0.25, -0.2) is 4.79 Å². The largest absolute Gasteiger partial charge is 0.444 e. The first-order valence-corrected chi connectivity index (χ1v) is 6.21. The van der Waals surface area contributed by atoms with E-state index in [1.54, 1.807) is 4.90 Å². The van der Waals surface area contributed by atoms with E-state index < -0.39 is 5.60 Å². The minimum absolute atomic E-state index is 0.0152. The van der Waals surface area contributed by atoms with Crippen molar-refractivity contribution in [1.29, 1.82) is 0 Å². The van der Waals surface area contributed by atoms with Crippen molar-refractivity contribution in [3.05, 3.63) is 0 Å². The number of hydrogen-bond donors (Lipinski definition) is 1. The first-order valence-electron chi connectivity index (χ1n) is 6.21. The van der Waals surface area contributed by atoms with Crippen molar-refractivity contribution in [3.8, 4) is 0 Å². The van der Waals surface area contributed by atoms with Crippen LogP contribution in [0.15, 0.2) is 0 Å². The summed E-state index contributed by atoms with van der Waals surface area (Å²) in [6, 6.07) is 0. The Morgan fingerprint density at radius 2 is 2.11 bits per heavy atom. The van der Waals surface area contributed by atoms with Crippen molar-refractivity contribution in [2.45, 2.75) is 32.5 Å². The Hall–Kier alpha value is -1.30. The van der Waals surface area contributed by atoms with Crippen molar-refractivity contribution in [3.63, 3.8) is 0 Å². The molecular weight excluding hydrogens is 236 g/mol. The van der Waals surface area contributed by atoms with Gasteiger partial charge in [-0.3, -0.25) is 4.79 Å². The molecular formula is C12H20N2O4. The summed E-state index contributed by atoms with van der Waals surface area (Å²) in [7, 11) is 0. The monoisotopic (exact) mass is 256 g/mol. The Labute approximate surface area is 107 Å². The molecule has 0 radical (unpaired) electrons. The molecule has 0 aliphatic carbocycles. The van der Waals surface area contributed by atoms with Crippen LogP contribution in [0.2, 0.25) is 0 Å². The third-order valence-electron chi connectivity index (χ3n) is 3.02. The first-order chi connectivity index (χ1) is 8.35. The quantitative estimate of drug-likeness (QED) is 0.736. The number of rotatable bonds is 1. The second-order valence-electron chi connectivity index (χ2n) is 5.80. The number of morpholine rings is 1. The predicted molar refractivity (Wildman–Crippen MR) is 64.0 cm³/mol. The second-order valence-corrected chi connectivity index (χ2v) is 5.80. The molecule has 2 heterocycles. The van der Waals surface area contributed by atoms with Gasteiger partial charge in [-0.05, 0) is 20.8 Å². The summed E-state index contributed by atoms with van der Waals surface area (Å²) < 4.78 is 10.7. The van der Waals surface area contributed by atoms with Gasteiger partial charge in [0, 0.05) is 25.6 Å². The molecule has 0 aromatic heterocycles. The van der Waals surface area contributed by atoms with Gasteiger partial charge < -0.3 is 19.7 Å². The predicted octanol–water partition coefficient (Wildman–Crippen LogP) is 0.368. The minimum atomic E-state index is -0.461. The Balaban J connectivity index is 1.73. The van der Waals surface area contributed by atoms with Crippen LogP contribution < -0.4 is 5.32 Å². The maximum atomic E-state index is 11.7. The fourth-order valence-electron chi connectivity index (χ4n) is 2.03. The summed E-state index contributed by atoms with van der Waals surface area (Å²) in [6.45, 7) is 7.47. The van der Waals surface area contributed by atoms with Crippen molar-refractivity contribution >= 4 is 12.0 Å². The van der Waals surface area contributed by atoms with E-state index in [4.69, 9.17) is 9.47 Å². The summed E-state index contributed by atoms with van der Waals surface area (Å²) >= 11 is 0. The van der Waals surface area contributed by atoms with E-state index >= 15 is 0 Å². The molecule has 2 rings (SSSR count). The van der Waals surface area contributed by atoms with Gasteiger partial charge >= 0.3 is 6.09 Å². The lowest BCUT2D eigenvalue weighted by Crippen LogP contribution is -2.59.